The van der Waals surface area contributed by atoms with Crippen LogP contribution in [-0.4, -0.2) is 35.0 Å². The molecule has 1 atom stereocenters. The molecule has 3 aromatic rings. The second-order valence-electron chi connectivity index (χ2n) is 7.04. The van der Waals surface area contributed by atoms with Crippen LogP contribution >= 0.6 is 11.6 Å². The number of benzene rings is 2. The molecule has 2 heterocycles. The fraction of sp³-hybridized carbons (Fsp3) is 0.273. The lowest BCUT2D eigenvalue weighted by molar-refractivity contribution is 0.0506. The highest BCUT2D eigenvalue weighted by Crippen LogP contribution is 2.19. The van der Waals surface area contributed by atoms with E-state index < -0.39 is 0 Å². The smallest absolute Gasteiger partial charge is 0.254 e. The van der Waals surface area contributed by atoms with E-state index in [1.807, 2.05) is 30.3 Å². The highest BCUT2D eigenvalue weighted by molar-refractivity contribution is 6.30. The maximum Gasteiger partial charge on any atom is 0.254 e. The van der Waals surface area contributed by atoms with Gasteiger partial charge in [-0.3, -0.25) is 9.59 Å². The summed E-state index contributed by atoms with van der Waals surface area (Å²) in [6.07, 6.45) is 1.90. The van der Waals surface area contributed by atoms with E-state index in [4.69, 9.17) is 16.3 Å². The number of para-hydroxylation sites is 1. The third-order valence-corrected chi connectivity index (χ3v) is 5.27. The molecule has 2 aromatic carbocycles. The molecule has 1 fully saturated rings. The van der Waals surface area contributed by atoms with Crippen LogP contribution in [-0.2, 0) is 11.3 Å². The fourth-order valence-corrected chi connectivity index (χ4v) is 3.67. The van der Waals surface area contributed by atoms with Crippen LogP contribution in [0, 0.1) is 0 Å². The summed E-state index contributed by atoms with van der Waals surface area (Å²) in [6.45, 7) is 1.39. The Kier molecular flexibility index (Phi) is 5.46. The van der Waals surface area contributed by atoms with E-state index in [1.54, 1.807) is 29.2 Å². The van der Waals surface area contributed by atoms with E-state index in [0.717, 1.165) is 23.7 Å². The van der Waals surface area contributed by atoms with Gasteiger partial charge in [-0.1, -0.05) is 29.8 Å². The Morgan fingerprint density at radius 2 is 1.96 bits per heavy atom. The van der Waals surface area contributed by atoms with E-state index in [9.17, 15) is 9.59 Å². The summed E-state index contributed by atoms with van der Waals surface area (Å²) in [5.41, 5.74) is 1.70. The van der Waals surface area contributed by atoms with Gasteiger partial charge in [-0.05, 0) is 54.6 Å². The number of nitrogens with zero attached hydrogens (tertiary/aromatic N) is 1. The second kappa shape index (κ2) is 8.17. The van der Waals surface area contributed by atoms with Gasteiger partial charge in [-0.15, -0.1) is 0 Å². The molecule has 0 saturated carbocycles. The molecular formula is C22H21ClN2O3. The van der Waals surface area contributed by atoms with Crippen LogP contribution in [0.25, 0.3) is 10.9 Å². The summed E-state index contributed by atoms with van der Waals surface area (Å²) < 4.78 is 5.73. The summed E-state index contributed by atoms with van der Waals surface area (Å²) in [5, 5.41) is 1.52. The largest absolute Gasteiger partial charge is 0.376 e. The summed E-state index contributed by atoms with van der Waals surface area (Å²) in [6, 6.07) is 16.3. The van der Waals surface area contributed by atoms with Gasteiger partial charge < -0.3 is 14.6 Å². The Morgan fingerprint density at radius 3 is 2.71 bits per heavy atom. The summed E-state index contributed by atoms with van der Waals surface area (Å²) in [7, 11) is 0. The lowest BCUT2D eigenvalue weighted by Gasteiger charge is -2.25. The zero-order valence-electron chi connectivity index (χ0n) is 15.4. The molecule has 144 valence electrons. The maximum atomic E-state index is 13.1. The second-order valence-corrected chi connectivity index (χ2v) is 7.47. The van der Waals surface area contributed by atoms with Gasteiger partial charge >= 0.3 is 0 Å². The molecule has 1 N–H and O–H groups in total. The fourth-order valence-electron chi connectivity index (χ4n) is 3.54. The average Bonchev–Trinajstić information content (AvgIpc) is 3.21. The molecule has 0 bridgehead atoms. The number of hydrogen-bond acceptors (Lipinski definition) is 3. The van der Waals surface area contributed by atoms with E-state index in [1.165, 1.54) is 0 Å². The van der Waals surface area contributed by atoms with Crippen LogP contribution in [0.2, 0.25) is 5.02 Å². The van der Waals surface area contributed by atoms with Crippen molar-refractivity contribution in [3.05, 3.63) is 81.1 Å². The van der Waals surface area contributed by atoms with Crippen LogP contribution in [0.1, 0.15) is 28.8 Å². The number of pyridine rings is 1. The lowest BCUT2D eigenvalue weighted by atomic mass is 10.1. The van der Waals surface area contributed by atoms with Gasteiger partial charge in [0.05, 0.1) is 12.6 Å². The number of ether oxygens (including phenoxy) is 1. The standard InChI is InChI=1S/C22H21ClN2O3/c23-18-9-7-15(8-10-18)22(27)25(14-19-5-3-11-28-19)13-17-12-16-4-1-2-6-20(16)24-21(17)26/h1-2,4,6-10,12,19H,3,5,11,13-14H2,(H,24,26). The third kappa shape index (κ3) is 4.11. The van der Waals surface area contributed by atoms with Gasteiger partial charge in [0.1, 0.15) is 0 Å². The SMILES string of the molecule is O=C(c1ccc(Cl)cc1)N(Cc1cc2ccccc2[nH]c1=O)CC1CCCO1. The Bertz CT molecular complexity index is 1040. The molecule has 1 aromatic heterocycles. The van der Waals surface area contributed by atoms with Crippen molar-refractivity contribution in [3.63, 3.8) is 0 Å². The quantitative estimate of drug-likeness (QED) is 0.709. The number of fused-ring (bicyclic) bond motifs is 1. The number of aromatic nitrogens is 1. The van der Waals surface area contributed by atoms with Crippen molar-refractivity contribution in [2.45, 2.75) is 25.5 Å². The topological polar surface area (TPSA) is 62.4 Å². The van der Waals surface area contributed by atoms with Gasteiger partial charge in [0.15, 0.2) is 0 Å². The number of amides is 1. The lowest BCUT2D eigenvalue weighted by Crippen LogP contribution is -2.38. The van der Waals surface area contributed by atoms with Crippen molar-refractivity contribution >= 4 is 28.4 Å². The first-order valence-electron chi connectivity index (χ1n) is 9.37. The minimum Gasteiger partial charge on any atom is -0.376 e. The number of carbonyl (C=O) groups excluding carboxylic acids is 1. The third-order valence-electron chi connectivity index (χ3n) is 5.02. The van der Waals surface area contributed by atoms with E-state index in [0.29, 0.717) is 29.3 Å². The molecule has 1 aliphatic heterocycles. The highest BCUT2D eigenvalue weighted by atomic mass is 35.5. The van der Waals surface area contributed by atoms with Crippen molar-refractivity contribution in [3.8, 4) is 0 Å². The monoisotopic (exact) mass is 396 g/mol. The number of H-pyrrole nitrogens is 1. The van der Waals surface area contributed by atoms with Gasteiger partial charge in [-0.2, -0.15) is 0 Å². The molecule has 1 aliphatic rings. The van der Waals surface area contributed by atoms with Crippen LogP contribution < -0.4 is 5.56 Å². The molecular weight excluding hydrogens is 376 g/mol. The summed E-state index contributed by atoms with van der Waals surface area (Å²) >= 11 is 5.95. The average molecular weight is 397 g/mol. The summed E-state index contributed by atoms with van der Waals surface area (Å²) in [5.74, 6) is -0.139. The Hall–Kier alpha value is -2.63. The van der Waals surface area contributed by atoms with Crippen molar-refractivity contribution < 1.29 is 9.53 Å². The molecule has 0 radical (unpaired) electrons. The van der Waals surface area contributed by atoms with Crippen LogP contribution in [0.4, 0.5) is 0 Å². The summed E-state index contributed by atoms with van der Waals surface area (Å²) in [4.78, 5) is 30.3. The Labute approximate surface area is 167 Å². The van der Waals surface area contributed by atoms with Crippen molar-refractivity contribution in [1.29, 1.82) is 0 Å². The van der Waals surface area contributed by atoms with Crippen molar-refractivity contribution in [2.75, 3.05) is 13.2 Å². The normalized spacial score (nSPS) is 16.4. The van der Waals surface area contributed by atoms with Gasteiger partial charge in [0.25, 0.3) is 11.5 Å². The minimum atomic E-state index is -0.181. The maximum absolute atomic E-state index is 13.1. The molecule has 6 heteroatoms. The molecule has 1 saturated heterocycles. The van der Waals surface area contributed by atoms with Crippen LogP contribution in [0.3, 0.4) is 0 Å². The first-order chi connectivity index (χ1) is 13.6. The molecule has 4 rings (SSSR count). The first-order valence-corrected chi connectivity index (χ1v) is 9.75. The van der Waals surface area contributed by atoms with Gasteiger partial charge in [0.2, 0.25) is 0 Å². The van der Waals surface area contributed by atoms with E-state index in [-0.39, 0.29) is 24.1 Å². The van der Waals surface area contributed by atoms with Crippen LogP contribution in [0.5, 0.6) is 0 Å². The zero-order valence-corrected chi connectivity index (χ0v) is 16.1. The van der Waals surface area contributed by atoms with Crippen molar-refractivity contribution in [2.24, 2.45) is 0 Å². The van der Waals surface area contributed by atoms with E-state index in [2.05, 4.69) is 4.98 Å². The molecule has 5 nitrogen and oxygen atoms in total. The first kappa shape index (κ1) is 18.7. The number of halogens is 1. The highest BCUT2D eigenvalue weighted by Gasteiger charge is 2.24. The van der Waals surface area contributed by atoms with Crippen LogP contribution in [0.15, 0.2) is 59.4 Å². The predicted octanol–water partition coefficient (Wildman–Crippen LogP) is 4.00. The molecule has 1 amide bonds. The van der Waals surface area contributed by atoms with Gasteiger partial charge in [0, 0.05) is 34.8 Å². The Balaban J connectivity index is 1.65. The zero-order chi connectivity index (χ0) is 19.5. The number of aromatic amines is 1. The predicted molar refractivity (Wildman–Crippen MR) is 110 cm³/mol. The Morgan fingerprint density at radius 1 is 1.18 bits per heavy atom. The number of hydrogen-bond donors (Lipinski definition) is 1. The number of carbonyl (C=O) groups is 1. The van der Waals surface area contributed by atoms with Crippen molar-refractivity contribution in [1.82, 2.24) is 9.88 Å². The van der Waals surface area contributed by atoms with E-state index >= 15 is 0 Å². The number of nitrogens with one attached hydrogen (secondary N) is 1. The molecule has 0 aliphatic carbocycles. The molecule has 0 spiro atoms. The minimum absolute atomic E-state index is 0.00390. The molecule has 28 heavy (non-hydrogen) atoms. The van der Waals surface area contributed by atoms with Gasteiger partial charge in [-0.25, -0.2) is 0 Å². The number of rotatable bonds is 5. The molecule has 1 unspecified atom stereocenters.